The van der Waals surface area contributed by atoms with Gasteiger partial charge in [0.15, 0.2) is 0 Å². The predicted octanol–water partition coefficient (Wildman–Crippen LogP) is -4.74. The molecule has 0 spiro atoms. The summed E-state index contributed by atoms with van der Waals surface area (Å²) in [5, 5.41) is 96.9. The van der Waals surface area contributed by atoms with Gasteiger partial charge in [0.2, 0.25) is 65.0 Å². The molecular weight excluding hydrogens is 1460 g/mol. The molecule has 0 unspecified atom stereocenters. The average Bonchev–Trinajstić information content (AvgIpc) is 1.24. The number of phenols is 1. The Balaban J connectivity index is 1.42. The number of aromatic hydroxyl groups is 1. The van der Waals surface area contributed by atoms with Crippen molar-refractivity contribution in [3.8, 4) is 5.75 Å². The van der Waals surface area contributed by atoms with Crippen molar-refractivity contribution in [1.29, 1.82) is 0 Å². The number of para-hydroxylation sites is 1. The Bertz CT molecular complexity index is 3640. The number of aromatic nitrogens is 1. The molecule has 4 aromatic rings. The van der Waals surface area contributed by atoms with Gasteiger partial charge in [0.05, 0.1) is 37.2 Å². The fraction of sp³-hybridized carbons (Fsp3) is 0.535. The van der Waals surface area contributed by atoms with Gasteiger partial charge in [-0.1, -0.05) is 60.7 Å². The van der Waals surface area contributed by atoms with E-state index in [-0.39, 0.29) is 88.9 Å². The van der Waals surface area contributed by atoms with E-state index in [1.54, 1.807) is 54.7 Å². The number of hydrogen-bond donors (Lipinski definition) is 23. The molecule has 0 aliphatic rings. The molecule has 0 fully saturated rings. The number of thioether (sulfide) groups is 1. The minimum absolute atomic E-state index is 0.00219. The molecule has 1 heterocycles. The fourth-order valence-corrected chi connectivity index (χ4v) is 12.3. The van der Waals surface area contributed by atoms with Gasteiger partial charge in [0.1, 0.15) is 72.2 Å². The highest BCUT2D eigenvalue weighted by molar-refractivity contribution is 7.99. The third-order valence-electron chi connectivity index (χ3n) is 17.5. The Kier molecular flexibility index (Phi) is 40.6. The number of phenolic OH excluding ortho intramolecular Hbond substituents is 1. The van der Waals surface area contributed by atoms with Crippen molar-refractivity contribution in [1.82, 2.24) is 63.1 Å². The van der Waals surface area contributed by atoms with Crippen LogP contribution in [-0.2, 0) is 81.6 Å². The lowest BCUT2D eigenvalue weighted by atomic mass is 10.0. The largest absolute Gasteiger partial charge is 0.508 e. The van der Waals surface area contributed by atoms with Gasteiger partial charge in [-0.05, 0) is 145 Å². The Labute approximate surface area is 640 Å². The normalized spacial score (nSPS) is 15.1. The second kappa shape index (κ2) is 48.1. The van der Waals surface area contributed by atoms with Gasteiger partial charge in [-0.3, -0.25) is 52.7 Å². The van der Waals surface area contributed by atoms with E-state index >= 15 is 0 Å². The number of carbonyl (C=O) groups is 13. The van der Waals surface area contributed by atoms with Gasteiger partial charge >= 0.3 is 11.9 Å². The minimum Gasteiger partial charge on any atom is -0.508 e. The number of fused-ring (bicyclic) bond motifs is 1. The van der Waals surface area contributed by atoms with Crippen LogP contribution in [0.2, 0.25) is 0 Å². The molecule has 0 saturated carbocycles. The van der Waals surface area contributed by atoms with Crippen molar-refractivity contribution in [2.45, 2.75) is 182 Å². The lowest BCUT2D eigenvalue weighted by molar-refractivity contribution is -0.146. The zero-order valence-electron chi connectivity index (χ0n) is 61.1. The van der Waals surface area contributed by atoms with E-state index in [4.69, 9.17) is 22.9 Å². The van der Waals surface area contributed by atoms with Gasteiger partial charge in [-0.15, -0.1) is 0 Å². The number of carboxylic acids is 2. The quantitative estimate of drug-likeness (QED) is 0.0146. The summed E-state index contributed by atoms with van der Waals surface area (Å²) in [4.78, 5) is 181. The van der Waals surface area contributed by atoms with Crippen LogP contribution in [0.5, 0.6) is 5.75 Å². The minimum atomic E-state index is -1.82. The molecule has 11 amide bonds. The molecule has 602 valence electrons. The maximum absolute atomic E-state index is 14.7. The molecule has 109 heavy (non-hydrogen) atoms. The van der Waals surface area contributed by atoms with Crippen molar-refractivity contribution >= 4 is 112 Å². The summed E-state index contributed by atoms with van der Waals surface area (Å²) in [5.41, 5.74) is 25.8. The van der Waals surface area contributed by atoms with Crippen LogP contribution in [0.4, 0.5) is 0 Å². The number of H-pyrrole nitrogens is 1. The highest BCUT2D eigenvalue weighted by atomic mass is 32.2. The summed E-state index contributed by atoms with van der Waals surface area (Å²) in [6.45, 7) is 0.906. The SMILES string of the molecule is C[C@@H](O)[C@H](NC(=O)[C@H](CCCCN)NC(=O)[C@H](CS)NC(=O)[C@H](CO)NC(=O)[C@H](CO)NC(=O)CSCC[C@H](NC(=O)[C@H](Cc1ccccc1)N(C)C(=O)[C@@H](NC(=O)[C@H](CCCCN)NC(=O)[C@@H](Cc1c[nH]c2ccccc12)NC(=O)[C@@H](N)Cc1ccc(O)cc1)[C@@H](C)O)C(=O)O)C(=O)N[C@@H](CCCCN)C(=O)O. The summed E-state index contributed by atoms with van der Waals surface area (Å²) >= 11 is 4.99. The number of thiol groups is 1. The van der Waals surface area contributed by atoms with Crippen LogP contribution in [0, 0.1) is 0 Å². The molecule has 1 aromatic heterocycles. The maximum atomic E-state index is 14.7. The van der Waals surface area contributed by atoms with Crippen LogP contribution in [0.25, 0.3) is 10.9 Å². The number of unbranched alkanes of at least 4 members (excludes halogenated alkanes) is 3. The number of carbonyl (C=O) groups excluding carboxylic acids is 11. The number of likely N-dealkylation sites (N-methyl/N-ethyl adjacent to an activating group) is 1. The summed E-state index contributed by atoms with van der Waals surface area (Å²) in [6, 6.07) is 3.07. The number of carboxylic acid groups (broad SMARTS) is 2. The van der Waals surface area contributed by atoms with Gasteiger partial charge in [0.25, 0.3) is 0 Å². The number of nitrogens with two attached hydrogens (primary N) is 4. The Morgan fingerprint density at radius 3 is 1.46 bits per heavy atom. The van der Waals surface area contributed by atoms with Crippen LogP contribution in [0.15, 0.2) is 85.1 Å². The van der Waals surface area contributed by atoms with Crippen molar-refractivity contribution in [2.75, 3.05) is 57.2 Å². The molecule has 0 aliphatic heterocycles. The first-order valence-electron chi connectivity index (χ1n) is 35.7. The van der Waals surface area contributed by atoms with Gasteiger partial charge in [0, 0.05) is 42.7 Å². The number of benzene rings is 3. The molecule has 38 heteroatoms. The molecule has 0 saturated heterocycles. The van der Waals surface area contributed by atoms with Crippen molar-refractivity contribution in [3.05, 3.63) is 102 Å². The lowest BCUT2D eigenvalue weighted by Crippen LogP contribution is -2.62. The zero-order valence-corrected chi connectivity index (χ0v) is 62.8. The first-order valence-corrected chi connectivity index (χ1v) is 37.4. The molecule has 14 atom stereocenters. The highest BCUT2D eigenvalue weighted by Gasteiger charge is 2.40. The van der Waals surface area contributed by atoms with E-state index in [0.29, 0.717) is 42.4 Å². The Morgan fingerprint density at radius 2 is 0.927 bits per heavy atom. The van der Waals surface area contributed by atoms with Crippen LogP contribution < -0.4 is 76.1 Å². The number of rotatable bonds is 51. The number of hydrogen-bond acceptors (Lipinski definition) is 24. The molecule has 4 rings (SSSR count). The number of aliphatic hydroxyl groups is 4. The van der Waals surface area contributed by atoms with Crippen molar-refractivity contribution in [2.24, 2.45) is 22.9 Å². The standard InChI is InChI=1S/C71H106N16O20S2/c1-39(90)58(68(102)81-50(70(104)105)21-11-14-29-74)85-61(95)48(19-9-12-27-72)79-66(100)55(37-108)84-65(99)54(36-89)83-64(98)53(35-88)77-57(93)38-109-30-26-51(71(106)107)80-67(101)56(32-41-15-5-4-6-16-41)87(3)69(103)59(40(2)91)86-62(96)49(20-10-13-28-73)78-63(97)52(33-43-34-76-47-18-8-7-17-45(43)47)82-60(94)46(75)31-42-22-24-44(92)25-23-42/h4-8,15-18,22-25,34,39-40,46,48-56,58-59,76,88-92,108H,9-14,19-21,26-33,35-38,72-75H2,1-3H3,(H,77,93)(H,78,97)(H,79,100)(H,80,101)(H,81,102)(H,82,94)(H,83,98)(H,84,99)(H,85,95)(H,86,96)(H,104,105)(H,106,107)/t39-,40-,46+,48+,49+,50+,51+,52-,53+,54+,55+,56+,58+,59+/m1/s1. The van der Waals surface area contributed by atoms with Crippen LogP contribution in [0.3, 0.4) is 0 Å². The Morgan fingerprint density at radius 1 is 0.486 bits per heavy atom. The van der Waals surface area contributed by atoms with E-state index in [0.717, 1.165) is 27.6 Å². The number of aliphatic carboxylic acids is 2. The molecule has 0 radical (unpaired) electrons. The molecule has 3 aromatic carbocycles. The summed E-state index contributed by atoms with van der Waals surface area (Å²) in [5.74, 6) is -14.6. The third kappa shape index (κ3) is 30.8. The fourth-order valence-electron chi connectivity index (χ4n) is 11.2. The first kappa shape index (κ1) is 91.9. The number of aromatic amines is 1. The van der Waals surface area contributed by atoms with E-state index in [1.165, 1.54) is 33.0 Å². The average molecular weight is 1570 g/mol. The first-order chi connectivity index (χ1) is 51.9. The van der Waals surface area contributed by atoms with Crippen LogP contribution in [0.1, 0.15) is 94.7 Å². The molecule has 0 aliphatic carbocycles. The van der Waals surface area contributed by atoms with Gasteiger partial charge < -0.3 is 122 Å². The second-order valence-corrected chi connectivity index (χ2v) is 27.6. The van der Waals surface area contributed by atoms with E-state index in [2.05, 4.69) is 70.8 Å². The number of nitrogens with zero attached hydrogens (tertiary/aromatic N) is 1. The topological polar surface area (TPSA) is 607 Å². The smallest absolute Gasteiger partial charge is 0.326 e. The monoisotopic (exact) mass is 1570 g/mol. The van der Waals surface area contributed by atoms with E-state index < -0.39 is 186 Å². The van der Waals surface area contributed by atoms with E-state index in [9.17, 15) is 98.1 Å². The highest BCUT2D eigenvalue weighted by Crippen LogP contribution is 2.21. The van der Waals surface area contributed by atoms with E-state index in [1.807, 2.05) is 18.2 Å². The van der Waals surface area contributed by atoms with Crippen LogP contribution >= 0.6 is 24.4 Å². The third-order valence-corrected chi connectivity index (χ3v) is 18.9. The lowest BCUT2D eigenvalue weighted by Gasteiger charge is -2.33. The molecule has 36 nitrogen and oxygen atoms in total. The second-order valence-electron chi connectivity index (χ2n) is 26.1. The van der Waals surface area contributed by atoms with Gasteiger partial charge in [-0.2, -0.15) is 24.4 Å². The summed E-state index contributed by atoms with van der Waals surface area (Å²) in [6.07, 6.45) is -0.123. The van der Waals surface area contributed by atoms with Crippen LogP contribution in [-0.4, -0.2) is 264 Å². The van der Waals surface area contributed by atoms with Gasteiger partial charge in [-0.25, -0.2) is 9.59 Å². The zero-order chi connectivity index (χ0) is 80.9. The molecule has 26 N–H and O–H groups in total. The van der Waals surface area contributed by atoms with Crippen molar-refractivity contribution < 1.29 is 98.1 Å². The predicted molar refractivity (Wildman–Crippen MR) is 405 cm³/mol. The number of amides is 11. The molecule has 0 bridgehead atoms. The summed E-state index contributed by atoms with van der Waals surface area (Å²) < 4.78 is 0. The number of nitrogens with one attached hydrogen (secondary N) is 11. The Hall–Kier alpha value is -9.51. The molecular formula is C71H106N16O20S2. The number of aliphatic hydroxyl groups excluding tert-OH is 4. The maximum Gasteiger partial charge on any atom is 0.326 e. The van der Waals surface area contributed by atoms with Crippen molar-refractivity contribution in [3.63, 3.8) is 0 Å². The summed E-state index contributed by atoms with van der Waals surface area (Å²) in [7, 11) is 1.21.